The van der Waals surface area contributed by atoms with E-state index in [0.29, 0.717) is 0 Å². The second kappa shape index (κ2) is 7.10. The van der Waals surface area contributed by atoms with Crippen molar-refractivity contribution in [3.05, 3.63) is 11.8 Å². The summed E-state index contributed by atoms with van der Waals surface area (Å²) < 4.78 is 4.74. The molecule has 7 heteroatoms. The van der Waals surface area contributed by atoms with Crippen LogP contribution in [-0.4, -0.2) is 60.9 Å². The highest BCUT2D eigenvalue weighted by molar-refractivity contribution is 6.05. The molecule has 116 valence electrons. The van der Waals surface area contributed by atoms with Crippen LogP contribution in [-0.2, 0) is 14.3 Å². The van der Waals surface area contributed by atoms with E-state index in [1.54, 1.807) is 0 Å². The molecule has 2 aliphatic heterocycles. The summed E-state index contributed by atoms with van der Waals surface area (Å²) in [5, 5.41) is 10.4. The van der Waals surface area contributed by atoms with Gasteiger partial charge in [0.05, 0.1) is 7.11 Å². The normalized spacial score (nSPS) is 18.8. The van der Waals surface area contributed by atoms with Gasteiger partial charge in [0, 0.05) is 32.3 Å². The summed E-state index contributed by atoms with van der Waals surface area (Å²) in [6, 6.07) is 0. The Labute approximate surface area is 124 Å². The zero-order chi connectivity index (χ0) is 15.2. The van der Waals surface area contributed by atoms with Crippen LogP contribution < -0.4 is 5.32 Å². The predicted molar refractivity (Wildman–Crippen MR) is 77.6 cm³/mol. The number of hydrogen-bond acceptors (Lipinski definition) is 5. The molecule has 0 unspecified atom stereocenters. The second-order valence-electron chi connectivity index (χ2n) is 5.25. The highest BCUT2D eigenvalue weighted by Gasteiger charge is 2.23. The average molecular weight is 294 g/mol. The summed E-state index contributed by atoms with van der Waals surface area (Å²) in [6.45, 7) is 3.08. The van der Waals surface area contributed by atoms with Crippen LogP contribution in [0, 0.1) is 5.41 Å². The largest absolute Gasteiger partial charge is 0.464 e. The number of amides is 1. The Bertz CT molecular complexity index is 449. The Morgan fingerprint density at radius 1 is 1.05 bits per heavy atom. The maximum atomic E-state index is 12.0. The lowest BCUT2D eigenvalue weighted by atomic mass is 10.3. The van der Waals surface area contributed by atoms with E-state index in [0.717, 1.165) is 51.9 Å². The SMILES string of the molecule is COC(=O)/C(=C/C(=O)NC(=N)N1CCCC1)N1CCCC1. The van der Waals surface area contributed by atoms with Crippen LogP contribution in [0.3, 0.4) is 0 Å². The molecule has 0 aliphatic carbocycles. The summed E-state index contributed by atoms with van der Waals surface area (Å²) >= 11 is 0. The van der Waals surface area contributed by atoms with Gasteiger partial charge < -0.3 is 14.5 Å². The van der Waals surface area contributed by atoms with E-state index in [4.69, 9.17) is 10.1 Å². The molecule has 21 heavy (non-hydrogen) atoms. The van der Waals surface area contributed by atoms with E-state index in [2.05, 4.69) is 5.32 Å². The number of hydrogen-bond donors (Lipinski definition) is 2. The van der Waals surface area contributed by atoms with E-state index < -0.39 is 11.9 Å². The summed E-state index contributed by atoms with van der Waals surface area (Å²) in [7, 11) is 1.30. The summed E-state index contributed by atoms with van der Waals surface area (Å²) in [4.78, 5) is 27.5. The number of ether oxygens (including phenoxy) is 1. The van der Waals surface area contributed by atoms with Gasteiger partial charge in [-0.2, -0.15) is 0 Å². The Kier molecular flexibility index (Phi) is 5.19. The van der Waals surface area contributed by atoms with Crippen LogP contribution in [0.1, 0.15) is 25.7 Å². The molecule has 0 radical (unpaired) electrons. The highest BCUT2D eigenvalue weighted by atomic mass is 16.5. The third-order valence-electron chi connectivity index (χ3n) is 3.77. The first-order chi connectivity index (χ1) is 10.1. The van der Waals surface area contributed by atoms with Crippen LogP contribution in [0.2, 0.25) is 0 Å². The molecule has 0 aromatic carbocycles. The number of esters is 1. The van der Waals surface area contributed by atoms with Gasteiger partial charge in [-0.15, -0.1) is 0 Å². The van der Waals surface area contributed by atoms with E-state index in [9.17, 15) is 9.59 Å². The maximum Gasteiger partial charge on any atom is 0.354 e. The Balaban J connectivity index is 2.00. The van der Waals surface area contributed by atoms with Crippen molar-refractivity contribution in [1.82, 2.24) is 15.1 Å². The molecule has 2 N–H and O–H groups in total. The summed E-state index contributed by atoms with van der Waals surface area (Å²) in [5.74, 6) is -0.877. The molecular weight excluding hydrogens is 272 g/mol. The number of rotatable bonds is 3. The first-order valence-corrected chi connectivity index (χ1v) is 7.31. The van der Waals surface area contributed by atoms with E-state index in [1.165, 1.54) is 13.2 Å². The first kappa shape index (κ1) is 15.3. The fraction of sp³-hybridized carbons (Fsp3) is 0.643. The number of carbonyl (C=O) groups excluding carboxylic acids is 2. The third kappa shape index (κ3) is 3.96. The van der Waals surface area contributed by atoms with Gasteiger partial charge in [-0.1, -0.05) is 0 Å². The van der Waals surface area contributed by atoms with Crippen LogP contribution in [0.5, 0.6) is 0 Å². The fourth-order valence-electron chi connectivity index (χ4n) is 2.64. The quantitative estimate of drug-likeness (QED) is 0.338. The zero-order valence-corrected chi connectivity index (χ0v) is 12.4. The summed E-state index contributed by atoms with van der Waals surface area (Å²) in [6.07, 6.45) is 5.31. The Hall–Kier alpha value is -2.05. The highest BCUT2D eigenvalue weighted by Crippen LogP contribution is 2.15. The minimum Gasteiger partial charge on any atom is -0.464 e. The lowest BCUT2D eigenvalue weighted by molar-refractivity contribution is -0.138. The molecule has 0 saturated carbocycles. The molecule has 0 aromatic rings. The molecule has 2 heterocycles. The van der Waals surface area contributed by atoms with Crippen LogP contribution in [0.25, 0.3) is 0 Å². The standard InChI is InChI=1S/C14H22N4O3/c1-21-13(20)11(17-6-2-3-7-17)10-12(19)16-14(15)18-8-4-5-9-18/h10H,2-9H2,1H3,(H2,15,16,19)/b11-10-. The number of methoxy groups -OCH3 is 1. The zero-order valence-electron chi connectivity index (χ0n) is 12.4. The van der Waals surface area contributed by atoms with E-state index in [1.807, 2.05) is 9.80 Å². The number of likely N-dealkylation sites (tertiary alicyclic amines) is 2. The average Bonchev–Trinajstić information content (AvgIpc) is 3.16. The topological polar surface area (TPSA) is 85.7 Å². The lowest BCUT2D eigenvalue weighted by Crippen LogP contribution is -2.42. The minimum atomic E-state index is -0.514. The van der Waals surface area contributed by atoms with Crippen molar-refractivity contribution in [3.8, 4) is 0 Å². The van der Waals surface area contributed by atoms with Gasteiger partial charge in [0.2, 0.25) is 0 Å². The van der Waals surface area contributed by atoms with Crippen molar-refractivity contribution in [2.24, 2.45) is 0 Å². The second-order valence-corrected chi connectivity index (χ2v) is 5.25. The molecule has 2 rings (SSSR count). The van der Waals surface area contributed by atoms with Gasteiger partial charge in [-0.3, -0.25) is 15.5 Å². The molecule has 0 aromatic heterocycles. The van der Waals surface area contributed by atoms with Crippen LogP contribution >= 0.6 is 0 Å². The van der Waals surface area contributed by atoms with Gasteiger partial charge in [-0.05, 0) is 25.7 Å². The van der Waals surface area contributed by atoms with Gasteiger partial charge in [0.15, 0.2) is 5.96 Å². The predicted octanol–water partition coefficient (Wildman–Crippen LogP) is 0.286. The first-order valence-electron chi connectivity index (χ1n) is 7.31. The van der Waals surface area contributed by atoms with E-state index >= 15 is 0 Å². The molecule has 0 spiro atoms. The van der Waals surface area contributed by atoms with Crippen molar-refractivity contribution in [2.45, 2.75) is 25.7 Å². The molecule has 2 aliphatic rings. The molecule has 1 amide bonds. The number of carbonyl (C=O) groups is 2. The smallest absolute Gasteiger partial charge is 0.354 e. The van der Waals surface area contributed by atoms with E-state index in [-0.39, 0.29) is 11.7 Å². The fourth-order valence-corrected chi connectivity index (χ4v) is 2.64. The van der Waals surface area contributed by atoms with Gasteiger partial charge >= 0.3 is 5.97 Å². The van der Waals surface area contributed by atoms with Crippen molar-refractivity contribution >= 4 is 17.8 Å². The van der Waals surface area contributed by atoms with Crippen molar-refractivity contribution < 1.29 is 14.3 Å². The van der Waals surface area contributed by atoms with Crippen LogP contribution in [0.15, 0.2) is 11.8 Å². The molecule has 2 fully saturated rings. The molecule has 7 nitrogen and oxygen atoms in total. The molecule has 0 bridgehead atoms. The van der Waals surface area contributed by atoms with Crippen molar-refractivity contribution in [2.75, 3.05) is 33.3 Å². The van der Waals surface area contributed by atoms with Crippen molar-refractivity contribution in [3.63, 3.8) is 0 Å². The molecular formula is C14H22N4O3. The number of nitrogens with zero attached hydrogens (tertiary/aromatic N) is 2. The third-order valence-corrected chi connectivity index (χ3v) is 3.77. The van der Waals surface area contributed by atoms with Crippen LogP contribution in [0.4, 0.5) is 0 Å². The Morgan fingerprint density at radius 3 is 2.10 bits per heavy atom. The maximum absolute atomic E-state index is 12.0. The summed E-state index contributed by atoms with van der Waals surface area (Å²) in [5.41, 5.74) is 0.265. The number of nitrogens with one attached hydrogen (secondary N) is 2. The molecule has 2 saturated heterocycles. The van der Waals surface area contributed by atoms with Gasteiger partial charge in [-0.25, -0.2) is 4.79 Å². The molecule has 0 atom stereocenters. The lowest BCUT2D eigenvalue weighted by Gasteiger charge is -2.20. The van der Waals surface area contributed by atoms with Gasteiger partial charge in [0.25, 0.3) is 5.91 Å². The number of guanidine groups is 1. The minimum absolute atomic E-state index is 0.0967. The monoisotopic (exact) mass is 294 g/mol. The Morgan fingerprint density at radius 2 is 1.57 bits per heavy atom. The van der Waals surface area contributed by atoms with Gasteiger partial charge in [0.1, 0.15) is 5.70 Å². The van der Waals surface area contributed by atoms with Crippen molar-refractivity contribution in [1.29, 1.82) is 5.41 Å².